The van der Waals surface area contributed by atoms with Gasteiger partial charge in [0.05, 0.1) is 13.2 Å². The number of nitrogens with zero attached hydrogens (tertiary/aromatic N) is 2. The van der Waals surface area contributed by atoms with Crippen LogP contribution < -0.4 is 10.2 Å². The lowest BCUT2D eigenvalue weighted by Gasteiger charge is -2.17. The second-order valence-corrected chi connectivity index (χ2v) is 6.09. The topological polar surface area (TPSA) is 61.9 Å². The van der Waals surface area contributed by atoms with Crippen molar-refractivity contribution in [3.63, 3.8) is 0 Å². The van der Waals surface area contributed by atoms with Crippen LogP contribution in [0.1, 0.15) is 37.0 Å². The number of nitrogens with one attached hydrogen (secondary N) is 1. The van der Waals surface area contributed by atoms with Gasteiger partial charge in [0.25, 0.3) is 5.91 Å². The van der Waals surface area contributed by atoms with Crippen molar-refractivity contribution in [2.75, 3.05) is 50.8 Å². The monoisotopic (exact) mass is 347 g/mol. The number of likely N-dealkylation sites (N-methyl/N-ethyl adjacent to an activating group) is 1. The molecule has 1 aliphatic rings. The van der Waals surface area contributed by atoms with Gasteiger partial charge in [0.1, 0.15) is 0 Å². The Balaban J connectivity index is 1.68. The molecule has 0 radical (unpaired) electrons. The molecule has 0 atom stereocenters. The fourth-order valence-corrected chi connectivity index (χ4v) is 2.89. The summed E-state index contributed by atoms with van der Waals surface area (Å²) in [6.07, 6.45) is 1.51. The van der Waals surface area contributed by atoms with Gasteiger partial charge in [0.2, 0.25) is 5.91 Å². The number of carbonyl (C=O) groups excluding carboxylic acids is 2. The van der Waals surface area contributed by atoms with E-state index < -0.39 is 0 Å². The Morgan fingerprint density at radius 2 is 1.92 bits per heavy atom. The summed E-state index contributed by atoms with van der Waals surface area (Å²) in [5, 5.41) is 2.85. The largest absolute Gasteiger partial charge is 0.378 e. The number of rotatable bonds is 10. The second kappa shape index (κ2) is 10.2. The van der Waals surface area contributed by atoms with E-state index in [-0.39, 0.29) is 11.8 Å². The van der Waals surface area contributed by atoms with E-state index in [0.717, 1.165) is 38.3 Å². The zero-order chi connectivity index (χ0) is 18.1. The molecule has 2 rings (SSSR count). The van der Waals surface area contributed by atoms with Gasteiger partial charge < -0.3 is 19.9 Å². The highest BCUT2D eigenvalue weighted by atomic mass is 16.5. The summed E-state index contributed by atoms with van der Waals surface area (Å²) in [6.45, 7) is 9.66. The highest BCUT2D eigenvalue weighted by Gasteiger charge is 2.21. The van der Waals surface area contributed by atoms with E-state index in [2.05, 4.69) is 24.1 Å². The molecule has 0 saturated carbocycles. The highest BCUT2D eigenvalue weighted by Crippen LogP contribution is 2.21. The Bertz CT molecular complexity index is 556. The minimum absolute atomic E-state index is 0.119. The molecular weight excluding hydrogens is 318 g/mol. The van der Waals surface area contributed by atoms with E-state index in [1.807, 2.05) is 12.1 Å². The molecule has 1 aliphatic heterocycles. The van der Waals surface area contributed by atoms with E-state index >= 15 is 0 Å². The van der Waals surface area contributed by atoms with Crippen molar-refractivity contribution < 1.29 is 14.3 Å². The first kappa shape index (κ1) is 19.4. The highest BCUT2D eigenvalue weighted by molar-refractivity contribution is 5.97. The maximum atomic E-state index is 12.1. The summed E-state index contributed by atoms with van der Waals surface area (Å²) in [5.74, 6) is 0.0331. The Morgan fingerprint density at radius 3 is 2.52 bits per heavy atom. The standard InChI is InChI=1S/C19H29N3O3/c1-3-21(4-2)13-15-25-14-11-20-19(24)16-7-9-17(10-8-16)22-12-5-6-18(22)23/h7-10H,3-6,11-15H2,1-2H3,(H,20,24). The number of hydrogen-bond donors (Lipinski definition) is 1. The van der Waals surface area contributed by atoms with Gasteiger partial charge in [-0.3, -0.25) is 9.59 Å². The molecule has 1 fully saturated rings. The molecule has 138 valence electrons. The summed E-state index contributed by atoms with van der Waals surface area (Å²) in [6, 6.07) is 7.19. The Kier molecular flexibility index (Phi) is 7.88. The summed E-state index contributed by atoms with van der Waals surface area (Å²) in [5.41, 5.74) is 1.46. The number of amides is 2. The minimum atomic E-state index is -0.119. The number of hydrogen-bond acceptors (Lipinski definition) is 4. The van der Waals surface area contributed by atoms with Crippen LogP contribution in [0.15, 0.2) is 24.3 Å². The third-order valence-corrected chi connectivity index (χ3v) is 4.49. The van der Waals surface area contributed by atoms with Gasteiger partial charge in [-0.25, -0.2) is 0 Å². The molecule has 0 aliphatic carbocycles. The summed E-state index contributed by atoms with van der Waals surface area (Å²) < 4.78 is 5.55. The maximum Gasteiger partial charge on any atom is 0.251 e. The van der Waals surface area contributed by atoms with E-state index in [0.29, 0.717) is 31.7 Å². The zero-order valence-corrected chi connectivity index (χ0v) is 15.3. The van der Waals surface area contributed by atoms with E-state index in [1.165, 1.54) is 0 Å². The average Bonchev–Trinajstić information content (AvgIpc) is 3.07. The normalized spacial score (nSPS) is 14.4. The SMILES string of the molecule is CCN(CC)CCOCCNC(=O)c1ccc(N2CCCC2=O)cc1. The number of carbonyl (C=O) groups is 2. The van der Waals surface area contributed by atoms with Crippen molar-refractivity contribution >= 4 is 17.5 Å². The molecule has 1 heterocycles. The average molecular weight is 347 g/mol. The minimum Gasteiger partial charge on any atom is -0.378 e. The Hall–Kier alpha value is -1.92. The zero-order valence-electron chi connectivity index (χ0n) is 15.3. The van der Waals surface area contributed by atoms with Gasteiger partial charge in [-0.1, -0.05) is 13.8 Å². The summed E-state index contributed by atoms with van der Waals surface area (Å²) in [7, 11) is 0. The van der Waals surface area contributed by atoms with Crippen LogP contribution in [0.3, 0.4) is 0 Å². The molecule has 1 N–H and O–H groups in total. The van der Waals surface area contributed by atoms with Crippen LogP contribution in [0, 0.1) is 0 Å². The van der Waals surface area contributed by atoms with Crippen LogP contribution in [0.2, 0.25) is 0 Å². The molecule has 2 amide bonds. The number of ether oxygens (including phenoxy) is 1. The third-order valence-electron chi connectivity index (χ3n) is 4.49. The van der Waals surface area contributed by atoms with Gasteiger partial charge in [-0.2, -0.15) is 0 Å². The van der Waals surface area contributed by atoms with E-state index in [4.69, 9.17) is 4.74 Å². The number of benzene rings is 1. The third kappa shape index (κ3) is 5.83. The molecule has 0 unspecified atom stereocenters. The smallest absolute Gasteiger partial charge is 0.251 e. The fourth-order valence-electron chi connectivity index (χ4n) is 2.89. The summed E-state index contributed by atoms with van der Waals surface area (Å²) in [4.78, 5) is 27.9. The van der Waals surface area contributed by atoms with Gasteiger partial charge in [-0.05, 0) is 43.8 Å². The number of anilines is 1. The lowest BCUT2D eigenvalue weighted by atomic mass is 10.2. The second-order valence-electron chi connectivity index (χ2n) is 6.09. The van der Waals surface area contributed by atoms with Crippen molar-refractivity contribution in [2.45, 2.75) is 26.7 Å². The molecule has 0 spiro atoms. The van der Waals surface area contributed by atoms with Crippen molar-refractivity contribution in [3.05, 3.63) is 29.8 Å². The van der Waals surface area contributed by atoms with Crippen LogP contribution in [-0.4, -0.2) is 62.7 Å². The van der Waals surface area contributed by atoms with Gasteiger partial charge in [0.15, 0.2) is 0 Å². The molecule has 6 nitrogen and oxygen atoms in total. The van der Waals surface area contributed by atoms with Crippen molar-refractivity contribution in [1.82, 2.24) is 10.2 Å². The Morgan fingerprint density at radius 1 is 1.20 bits per heavy atom. The van der Waals surface area contributed by atoms with E-state index in [1.54, 1.807) is 17.0 Å². The molecule has 1 aromatic rings. The molecular formula is C19H29N3O3. The van der Waals surface area contributed by atoms with Crippen molar-refractivity contribution in [2.24, 2.45) is 0 Å². The van der Waals surface area contributed by atoms with Crippen molar-refractivity contribution in [3.8, 4) is 0 Å². The lowest BCUT2D eigenvalue weighted by Crippen LogP contribution is -2.30. The fraction of sp³-hybridized carbons (Fsp3) is 0.579. The molecule has 6 heteroatoms. The van der Waals surface area contributed by atoms with Gasteiger partial charge in [0, 0.05) is 37.3 Å². The van der Waals surface area contributed by atoms with Gasteiger partial charge >= 0.3 is 0 Å². The van der Waals surface area contributed by atoms with Crippen LogP contribution in [0.5, 0.6) is 0 Å². The maximum absolute atomic E-state index is 12.1. The summed E-state index contributed by atoms with van der Waals surface area (Å²) >= 11 is 0. The first-order valence-corrected chi connectivity index (χ1v) is 9.14. The first-order valence-electron chi connectivity index (χ1n) is 9.14. The lowest BCUT2D eigenvalue weighted by molar-refractivity contribution is -0.117. The van der Waals surface area contributed by atoms with Crippen molar-refractivity contribution in [1.29, 1.82) is 0 Å². The quantitative estimate of drug-likeness (QED) is 0.657. The molecule has 1 saturated heterocycles. The predicted octanol–water partition coefficient (Wildman–Crippen LogP) is 1.90. The predicted molar refractivity (Wildman–Crippen MR) is 99.0 cm³/mol. The van der Waals surface area contributed by atoms with Crippen LogP contribution in [-0.2, 0) is 9.53 Å². The van der Waals surface area contributed by atoms with Crippen LogP contribution in [0.25, 0.3) is 0 Å². The van der Waals surface area contributed by atoms with E-state index in [9.17, 15) is 9.59 Å². The van der Waals surface area contributed by atoms with Crippen LogP contribution in [0.4, 0.5) is 5.69 Å². The Labute approximate surface area is 150 Å². The molecule has 1 aromatic carbocycles. The van der Waals surface area contributed by atoms with Gasteiger partial charge in [-0.15, -0.1) is 0 Å². The van der Waals surface area contributed by atoms with Crippen LogP contribution >= 0.6 is 0 Å². The molecule has 0 bridgehead atoms. The molecule has 25 heavy (non-hydrogen) atoms. The molecule has 0 aromatic heterocycles. The first-order chi connectivity index (χ1) is 12.2.